The molecule has 1 atom stereocenters. The number of thioether (sulfide) groups is 2. The fourth-order valence-electron chi connectivity index (χ4n) is 1.40. The van der Waals surface area contributed by atoms with Crippen molar-refractivity contribution >= 4 is 23.5 Å². The summed E-state index contributed by atoms with van der Waals surface area (Å²) in [6, 6.07) is 6.35. The molecule has 0 aliphatic carbocycles. The molecule has 0 radical (unpaired) electrons. The maximum absolute atomic E-state index is 8.95. The summed E-state index contributed by atoms with van der Waals surface area (Å²) in [4.78, 5) is 1.17. The predicted octanol–water partition coefficient (Wildman–Crippen LogP) is 3.28. The van der Waals surface area contributed by atoms with Crippen molar-refractivity contribution in [3.05, 3.63) is 23.8 Å². The molecule has 0 amide bonds. The fourth-order valence-corrected chi connectivity index (χ4v) is 2.99. The summed E-state index contributed by atoms with van der Waals surface area (Å²) >= 11 is 3.55. The molecule has 17 heavy (non-hydrogen) atoms. The van der Waals surface area contributed by atoms with E-state index in [4.69, 9.17) is 9.84 Å². The van der Waals surface area contributed by atoms with E-state index in [0.29, 0.717) is 5.92 Å². The van der Waals surface area contributed by atoms with Crippen LogP contribution in [-0.4, -0.2) is 30.8 Å². The van der Waals surface area contributed by atoms with E-state index in [2.05, 4.69) is 31.4 Å². The first-order chi connectivity index (χ1) is 8.21. The molecule has 96 valence electrons. The third-order valence-corrected chi connectivity index (χ3v) is 4.55. The van der Waals surface area contributed by atoms with E-state index in [9.17, 15) is 0 Å². The Morgan fingerprint density at radius 3 is 2.76 bits per heavy atom. The molecular formula is C13H20O2S2. The van der Waals surface area contributed by atoms with Gasteiger partial charge in [0, 0.05) is 17.3 Å². The van der Waals surface area contributed by atoms with Crippen molar-refractivity contribution in [2.45, 2.75) is 17.6 Å². The molecule has 0 saturated heterocycles. The standard InChI is InChI=1S/C13H20O2S2/c1-10(7-14)8-17-9-11-4-5-13(16-3)12(6-11)15-2/h4-6,10,14H,7-9H2,1-3H3. The Kier molecular flexibility index (Phi) is 6.85. The van der Waals surface area contributed by atoms with Gasteiger partial charge >= 0.3 is 0 Å². The largest absolute Gasteiger partial charge is 0.496 e. The maximum Gasteiger partial charge on any atom is 0.132 e. The summed E-state index contributed by atoms with van der Waals surface area (Å²) in [5, 5.41) is 8.95. The summed E-state index contributed by atoms with van der Waals surface area (Å²) in [7, 11) is 1.71. The van der Waals surface area contributed by atoms with Crippen molar-refractivity contribution in [2.75, 3.05) is 25.7 Å². The number of rotatable bonds is 7. The van der Waals surface area contributed by atoms with Crippen molar-refractivity contribution in [3.8, 4) is 5.75 Å². The Balaban J connectivity index is 2.54. The van der Waals surface area contributed by atoms with Gasteiger partial charge in [-0.25, -0.2) is 0 Å². The van der Waals surface area contributed by atoms with Crippen LogP contribution in [0.1, 0.15) is 12.5 Å². The van der Waals surface area contributed by atoms with E-state index < -0.39 is 0 Å². The minimum atomic E-state index is 0.266. The van der Waals surface area contributed by atoms with Crippen molar-refractivity contribution < 1.29 is 9.84 Å². The number of ether oxygens (including phenoxy) is 1. The second kappa shape index (κ2) is 7.90. The van der Waals surface area contributed by atoms with Crippen LogP contribution in [0.25, 0.3) is 0 Å². The van der Waals surface area contributed by atoms with Crippen LogP contribution in [0.4, 0.5) is 0 Å². The number of hydrogen-bond acceptors (Lipinski definition) is 4. The van der Waals surface area contributed by atoms with Crippen molar-refractivity contribution in [3.63, 3.8) is 0 Å². The highest BCUT2D eigenvalue weighted by Crippen LogP contribution is 2.29. The third-order valence-electron chi connectivity index (χ3n) is 2.43. The molecule has 2 nitrogen and oxygen atoms in total. The summed E-state index contributed by atoms with van der Waals surface area (Å²) < 4.78 is 5.36. The first kappa shape index (κ1) is 14.7. The molecule has 0 spiro atoms. The van der Waals surface area contributed by atoms with Crippen LogP contribution in [-0.2, 0) is 5.75 Å². The monoisotopic (exact) mass is 272 g/mol. The van der Waals surface area contributed by atoms with Crippen LogP contribution in [0.5, 0.6) is 5.75 Å². The zero-order valence-electron chi connectivity index (χ0n) is 10.6. The molecule has 0 heterocycles. The lowest BCUT2D eigenvalue weighted by molar-refractivity contribution is 0.250. The van der Waals surface area contributed by atoms with Crippen LogP contribution in [0.15, 0.2) is 23.1 Å². The van der Waals surface area contributed by atoms with Crippen molar-refractivity contribution in [1.29, 1.82) is 0 Å². The highest BCUT2D eigenvalue weighted by molar-refractivity contribution is 7.98. The van der Waals surface area contributed by atoms with E-state index in [1.54, 1.807) is 18.9 Å². The molecule has 1 unspecified atom stereocenters. The van der Waals surface area contributed by atoms with Gasteiger partial charge in [-0.2, -0.15) is 11.8 Å². The summed E-state index contributed by atoms with van der Waals surface area (Å²) in [5.74, 6) is 3.27. The molecular weight excluding hydrogens is 252 g/mol. The quantitative estimate of drug-likeness (QED) is 0.771. The van der Waals surface area contributed by atoms with Crippen LogP contribution in [0.2, 0.25) is 0 Å². The molecule has 1 rings (SSSR count). The van der Waals surface area contributed by atoms with Gasteiger partial charge in [0.05, 0.1) is 7.11 Å². The molecule has 0 aliphatic heterocycles. The van der Waals surface area contributed by atoms with Crippen LogP contribution in [0.3, 0.4) is 0 Å². The predicted molar refractivity (Wildman–Crippen MR) is 77.2 cm³/mol. The van der Waals surface area contributed by atoms with E-state index in [0.717, 1.165) is 17.3 Å². The minimum absolute atomic E-state index is 0.266. The van der Waals surface area contributed by atoms with E-state index in [1.807, 2.05) is 11.8 Å². The summed E-state index contributed by atoms with van der Waals surface area (Å²) in [6.45, 7) is 2.33. The van der Waals surface area contributed by atoms with Gasteiger partial charge in [0.1, 0.15) is 5.75 Å². The second-order valence-corrected chi connectivity index (χ2v) is 5.87. The Morgan fingerprint density at radius 2 is 2.18 bits per heavy atom. The fraction of sp³-hybridized carbons (Fsp3) is 0.538. The Bertz CT molecular complexity index is 342. The first-order valence-corrected chi connectivity index (χ1v) is 7.98. The van der Waals surface area contributed by atoms with Gasteiger partial charge in [-0.3, -0.25) is 0 Å². The van der Waals surface area contributed by atoms with Gasteiger partial charge in [0.2, 0.25) is 0 Å². The van der Waals surface area contributed by atoms with Crippen molar-refractivity contribution in [1.82, 2.24) is 0 Å². The first-order valence-electron chi connectivity index (χ1n) is 5.60. The van der Waals surface area contributed by atoms with E-state index in [1.165, 1.54) is 10.5 Å². The van der Waals surface area contributed by atoms with Gasteiger partial charge in [0.25, 0.3) is 0 Å². The Hall–Kier alpha value is -0.320. The molecule has 0 aliphatic rings. The highest BCUT2D eigenvalue weighted by Gasteiger charge is 2.05. The number of aliphatic hydroxyl groups excluding tert-OH is 1. The van der Waals surface area contributed by atoms with Crippen LogP contribution >= 0.6 is 23.5 Å². The molecule has 0 fully saturated rings. The Morgan fingerprint density at radius 1 is 1.41 bits per heavy atom. The topological polar surface area (TPSA) is 29.5 Å². The van der Waals surface area contributed by atoms with Gasteiger partial charge in [0.15, 0.2) is 0 Å². The van der Waals surface area contributed by atoms with Gasteiger partial charge in [-0.05, 0) is 35.6 Å². The van der Waals surface area contributed by atoms with Gasteiger partial charge in [-0.15, -0.1) is 11.8 Å². The third kappa shape index (κ3) is 4.82. The van der Waals surface area contributed by atoms with E-state index >= 15 is 0 Å². The zero-order chi connectivity index (χ0) is 12.7. The second-order valence-electron chi connectivity index (χ2n) is 3.99. The molecule has 0 bridgehead atoms. The molecule has 1 N–H and O–H groups in total. The van der Waals surface area contributed by atoms with Crippen LogP contribution < -0.4 is 4.74 Å². The lowest BCUT2D eigenvalue weighted by Crippen LogP contribution is -2.03. The smallest absolute Gasteiger partial charge is 0.132 e. The zero-order valence-corrected chi connectivity index (χ0v) is 12.2. The number of benzene rings is 1. The molecule has 0 aromatic heterocycles. The number of methoxy groups -OCH3 is 1. The van der Waals surface area contributed by atoms with Gasteiger partial charge in [-0.1, -0.05) is 13.0 Å². The minimum Gasteiger partial charge on any atom is -0.496 e. The van der Waals surface area contributed by atoms with Gasteiger partial charge < -0.3 is 9.84 Å². The number of aliphatic hydroxyl groups is 1. The molecule has 1 aromatic carbocycles. The van der Waals surface area contributed by atoms with Crippen LogP contribution in [0, 0.1) is 5.92 Å². The Labute approximate surface area is 112 Å². The lowest BCUT2D eigenvalue weighted by atomic mass is 10.2. The summed E-state index contributed by atoms with van der Waals surface area (Å²) in [6.07, 6.45) is 2.05. The molecule has 0 saturated carbocycles. The SMILES string of the molecule is COc1cc(CSCC(C)CO)ccc1SC. The summed E-state index contributed by atoms with van der Waals surface area (Å²) in [5.41, 5.74) is 1.27. The maximum atomic E-state index is 8.95. The lowest BCUT2D eigenvalue weighted by Gasteiger charge is -2.10. The highest BCUT2D eigenvalue weighted by atomic mass is 32.2. The average Bonchev–Trinajstić information content (AvgIpc) is 2.38. The molecule has 1 aromatic rings. The number of hydrogen-bond donors (Lipinski definition) is 1. The van der Waals surface area contributed by atoms with Crippen molar-refractivity contribution in [2.24, 2.45) is 5.92 Å². The average molecular weight is 272 g/mol. The van der Waals surface area contributed by atoms with E-state index in [-0.39, 0.29) is 6.61 Å². The normalized spacial score (nSPS) is 12.5. The molecule has 4 heteroatoms.